The van der Waals surface area contributed by atoms with Crippen LogP contribution in [-0.2, 0) is 5.41 Å². The first-order chi connectivity index (χ1) is 11.1. The monoisotopic (exact) mass is 302 g/mol. The first kappa shape index (κ1) is 15.5. The molecule has 3 rings (SSSR count). The van der Waals surface area contributed by atoms with E-state index in [1.165, 1.54) is 28.1 Å². The van der Waals surface area contributed by atoms with E-state index < -0.39 is 0 Å². The van der Waals surface area contributed by atoms with Crippen molar-refractivity contribution in [3.05, 3.63) is 84.0 Å². The standard InChI is InChI=1S/C22H24N/c1-5-15-22(3)19-16-17(2)11-13-20(19)23(4)21(22)14-12-18-9-7-6-8-10-18/h5-14,16H,1,15H2,2-4H3/q+1. The second-order valence-corrected chi connectivity index (χ2v) is 6.53. The van der Waals surface area contributed by atoms with Gasteiger partial charge in [-0.1, -0.05) is 48.0 Å². The molecule has 23 heavy (non-hydrogen) atoms. The van der Waals surface area contributed by atoms with Gasteiger partial charge in [0.05, 0.1) is 5.41 Å². The largest absolute Gasteiger partial charge is 0.209 e. The number of hydrogen-bond donors (Lipinski definition) is 0. The molecule has 0 N–H and O–H groups in total. The molecule has 1 nitrogen and oxygen atoms in total. The summed E-state index contributed by atoms with van der Waals surface area (Å²) in [6.07, 6.45) is 7.42. The fourth-order valence-corrected chi connectivity index (χ4v) is 3.56. The van der Waals surface area contributed by atoms with Gasteiger partial charge >= 0.3 is 0 Å². The van der Waals surface area contributed by atoms with Crippen molar-refractivity contribution in [2.75, 3.05) is 7.05 Å². The van der Waals surface area contributed by atoms with Crippen LogP contribution >= 0.6 is 0 Å². The topological polar surface area (TPSA) is 3.01 Å². The third kappa shape index (κ3) is 2.68. The maximum absolute atomic E-state index is 3.99. The maximum Gasteiger partial charge on any atom is 0.209 e. The number of benzene rings is 2. The summed E-state index contributed by atoms with van der Waals surface area (Å²) in [5, 5.41) is 0. The zero-order valence-corrected chi connectivity index (χ0v) is 14.2. The zero-order chi connectivity index (χ0) is 16.4. The van der Waals surface area contributed by atoms with Crippen LogP contribution in [0.2, 0.25) is 0 Å². The van der Waals surface area contributed by atoms with Gasteiger partial charge in [-0.2, -0.15) is 4.58 Å². The Morgan fingerprint density at radius 2 is 1.83 bits per heavy atom. The Kier molecular flexibility index (Phi) is 4.04. The predicted molar refractivity (Wildman–Crippen MR) is 99.7 cm³/mol. The summed E-state index contributed by atoms with van der Waals surface area (Å²) in [6, 6.07) is 17.2. The van der Waals surface area contributed by atoms with E-state index in [1.54, 1.807) is 0 Å². The third-order valence-corrected chi connectivity index (χ3v) is 4.82. The molecule has 1 aliphatic rings. The molecule has 0 radical (unpaired) electrons. The second kappa shape index (κ2) is 6.00. The van der Waals surface area contributed by atoms with E-state index >= 15 is 0 Å². The lowest BCUT2D eigenvalue weighted by atomic mass is 9.76. The van der Waals surface area contributed by atoms with Crippen LogP contribution in [0.4, 0.5) is 5.69 Å². The first-order valence-corrected chi connectivity index (χ1v) is 8.12. The highest BCUT2D eigenvalue weighted by molar-refractivity contribution is 6.05. The highest BCUT2D eigenvalue weighted by atomic mass is 15.0. The Morgan fingerprint density at radius 1 is 1.09 bits per heavy atom. The van der Waals surface area contributed by atoms with Crippen LogP contribution in [0.25, 0.3) is 6.08 Å². The van der Waals surface area contributed by atoms with E-state index in [4.69, 9.17) is 0 Å². The minimum Gasteiger partial charge on any atom is -0.198 e. The lowest BCUT2D eigenvalue weighted by Crippen LogP contribution is -2.30. The van der Waals surface area contributed by atoms with Gasteiger partial charge in [-0.3, -0.25) is 0 Å². The minimum atomic E-state index is -0.0247. The summed E-state index contributed by atoms with van der Waals surface area (Å²) in [7, 11) is 2.16. The van der Waals surface area contributed by atoms with Crippen molar-refractivity contribution in [3.8, 4) is 0 Å². The van der Waals surface area contributed by atoms with Gasteiger partial charge in [-0.05, 0) is 38.0 Å². The Bertz CT molecular complexity index is 796. The number of fused-ring (bicyclic) bond motifs is 1. The molecule has 1 aliphatic heterocycles. The summed E-state index contributed by atoms with van der Waals surface area (Å²) in [5.41, 5.74) is 6.52. The molecule has 0 spiro atoms. The van der Waals surface area contributed by atoms with Crippen LogP contribution in [0.15, 0.2) is 67.3 Å². The highest BCUT2D eigenvalue weighted by Crippen LogP contribution is 2.42. The molecule has 0 aliphatic carbocycles. The van der Waals surface area contributed by atoms with Gasteiger partial charge in [-0.25, -0.2) is 0 Å². The average Bonchev–Trinajstić information content (AvgIpc) is 2.75. The smallest absolute Gasteiger partial charge is 0.198 e. The molecule has 0 bridgehead atoms. The van der Waals surface area contributed by atoms with Gasteiger partial charge in [0.2, 0.25) is 5.69 Å². The molecule has 1 atom stereocenters. The summed E-state index contributed by atoms with van der Waals surface area (Å²) in [4.78, 5) is 0. The molecule has 1 heteroatoms. The molecule has 116 valence electrons. The van der Waals surface area contributed by atoms with Gasteiger partial charge in [-0.15, -0.1) is 6.58 Å². The Morgan fingerprint density at radius 3 is 2.52 bits per heavy atom. The molecule has 1 heterocycles. The van der Waals surface area contributed by atoms with Crippen molar-refractivity contribution in [3.63, 3.8) is 0 Å². The molecule has 0 saturated heterocycles. The van der Waals surface area contributed by atoms with Gasteiger partial charge in [0.25, 0.3) is 0 Å². The first-order valence-electron chi connectivity index (χ1n) is 8.12. The number of nitrogens with zero attached hydrogens (tertiary/aromatic N) is 1. The number of allylic oxidation sites excluding steroid dienone is 2. The molecule has 2 aromatic rings. The third-order valence-electron chi connectivity index (χ3n) is 4.82. The van der Waals surface area contributed by atoms with Gasteiger partial charge in [0.15, 0.2) is 5.71 Å². The van der Waals surface area contributed by atoms with E-state index in [1.807, 2.05) is 12.1 Å². The van der Waals surface area contributed by atoms with Crippen LogP contribution in [0, 0.1) is 6.92 Å². The van der Waals surface area contributed by atoms with E-state index in [-0.39, 0.29) is 5.41 Å². The molecular formula is C22H24N+. The molecule has 0 amide bonds. The number of rotatable bonds is 4. The fraction of sp³-hybridized carbons (Fsp3) is 0.227. The highest BCUT2D eigenvalue weighted by Gasteiger charge is 2.45. The van der Waals surface area contributed by atoms with E-state index in [0.717, 1.165) is 6.42 Å². The van der Waals surface area contributed by atoms with Crippen molar-refractivity contribution in [1.82, 2.24) is 0 Å². The lowest BCUT2D eigenvalue weighted by molar-refractivity contribution is -0.401. The quantitative estimate of drug-likeness (QED) is 0.534. The summed E-state index contributed by atoms with van der Waals surface area (Å²) < 4.78 is 2.32. The van der Waals surface area contributed by atoms with Crippen LogP contribution in [-0.4, -0.2) is 17.3 Å². The van der Waals surface area contributed by atoms with E-state index in [2.05, 4.69) is 86.7 Å². The van der Waals surface area contributed by atoms with Crippen LogP contribution in [0.3, 0.4) is 0 Å². The molecule has 0 saturated carbocycles. The second-order valence-electron chi connectivity index (χ2n) is 6.53. The van der Waals surface area contributed by atoms with Crippen molar-refractivity contribution < 1.29 is 4.58 Å². The van der Waals surface area contributed by atoms with E-state index in [9.17, 15) is 0 Å². The fourth-order valence-electron chi connectivity index (χ4n) is 3.56. The van der Waals surface area contributed by atoms with Gasteiger partial charge < -0.3 is 0 Å². The van der Waals surface area contributed by atoms with Crippen molar-refractivity contribution in [2.24, 2.45) is 0 Å². The normalized spacial score (nSPS) is 20.1. The van der Waals surface area contributed by atoms with Crippen LogP contribution in [0.1, 0.15) is 30.0 Å². The Balaban J connectivity index is 2.09. The van der Waals surface area contributed by atoms with E-state index in [0.29, 0.717) is 0 Å². The lowest BCUT2D eigenvalue weighted by Gasteiger charge is -2.20. The molecule has 1 unspecified atom stereocenters. The average molecular weight is 302 g/mol. The molecule has 0 fully saturated rings. The minimum absolute atomic E-state index is 0.0247. The molecule has 0 aromatic heterocycles. The predicted octanol–water partition coefficient (Wildman–Crippen LogP) is 5.27. The molecule has 2 aromatic carbocycles. The van der Waals surface area contributed by atoms with Gasteiger partial charge in [0.1, 0.15) is 7.05 Å². The number of aryl methyl sites for hydroxylation is 1. The summed E-state index contributed by atoms with van der Waals surface area (Å²) >= 11 is 0. The van der Waals surface area contributed by atoms with Crippen molar-refractivity contribution in [2.45, 2.75) is 25.7 Å². The Labute approximate surface area is 139 Å². The molecular weight excluding hydrogens is 278 g/mol. The zero-order valence-electron chi connectivity index (χ0n) is 14.2. The van der Waals surface area contributed by atoms with Crippen LogP contribution in [0.5, 0.6) is 0 Å². The summed E-state index contributed by atoms with van der Waals surface area (Å²) in [5.74, 6) is 0. The van der Waals surface area contributed by atoms with Crippen molar-refractivity contribution >= 4 is 17.5 Å². The number of hydrogen-bond acceptors (Lipinski definition) is 0. The Hall–Kier alpha value is -2.41. The SMILES string of the molecule is C=CCC1(C)C(C=Cc2ccccc2)=[N+](C)c2ccc(C)cc21. The van der Waals surface area contributed by atoms with Gasteiger partial charge in [0, 0.05) is 17.7 Å². The summed E-state index contributed by atoms with van der Waals surface area (Å²) in [6.45, 7) is 8.47. The van der Waals surface area contributed by atoms with Crippen molar-refractivity contribution in [1.29, 1.82) is 0 Å². The van der Waals surface area contributed by atoms with Crippen LogP contribution < -0.4 is 0 Å². The maximum atomic E-state index is 3.99.